The van der Waals surface area contributed by atoms with E-state index in [0.29, 0.717) is 10.6 Å². The van der Waals surface area contributed by atoms with Crippen molar-refractivity contribution < 1.29 is 14.4 Å². The molecule has 1 saturated heterocycles. The first-order chi connectivity index (χ1) is 14.2. The van der Waals surface area contributed by atoms with Crippen molar-refractivity contribution in [3.05, 3.63) is 57.9 Å². The molecule has 1 aliphatic heterocycles. The molecule has 1 atom stereocenters. The Balaban J connectivity index is 1.47. The molecule has 0 spiro atoms. The summed E-state index contributed by atoms with van der Waals surface area (Å²) in [6, 6.07) is 9.11. The lowest BCUT2D eigenvalue weighted by Gasteiger charge is -2.20. The van der Waals surface area contributed by atoms with E-state index in [2.05, 4.69) is 9.88 Å². The molecular weight excluding hydrogens is 402 g/mol. The van der Waals surface area contributed by atoms with Crippen LogP contribution in [0.25, 0.3) is 0 Å². The van der Waals surface area contributed by atoms with E-state index >= 15 is 0 Å². The summed E-state index contributed by atoms with van der Waals surface area (Å²) in [6.45, 7) is 6.13. The third-order valence-corrected chi connectivity index (χ3v) is 6.66. The van der Waals surface area contributed by atoms with Crippen LogP contribution in [-0.4, -0.2) is 39.3 Å². The second kappa shape index (κ2) is 7.58. The van der Waals surface area contributed by atoms with Crippen molar-refractivity contribution in [2.75, 3.05) is 6.54 Å². The molecule has 1 aromatic heterocycles. The molecule has 0 unspecified atom stereocenters. The van der Waals surface area contributed by atoms with E-state index in [1.165, 1.54) is 5.56 Å². The van der Waals surface area contributed by atoms with E-state index in [0.717, 1.165) is 42.1 Å². The van der Waals surface area contributed by atoms with Crippen molar-refractivity contribution in [3.8, 4) is 0 Å². The zero-order chi connectivity index (χ0) is 21.6. The molecule has 1 aliphatic carbocycles. The van der Waals surface area contributed by atoms with Crippen LogP contribution in [0.5, 0.6) is 0 Å². The van der Waals surface area contributed by atoms with Crippen molar-refractivity contribution in [2.24, 2.45) is 5.92 Å². The van der Waals surface area contributed by atoms with Gasteiger partial charge < -0.3 is 9.88 Å². The molecule has 1 saturated carbocycles. The van der Waals surface area contributed by atoms with Gasteiger partial charge in [0.2, 0.25) is 0 Å². The van der Waals surface area contributed by atoms with Crippen molar-refractivity contribution in [1.29, 1.82) is 0 Å². The second-order valence-electron chi connectivity index (χ2n) is 8.53. The number of imide groups is 1. The van der Waals surface area contributed by atoms with Crippen molar-refractivity contribution in [1.82, 2.24) is 14.8 Å². The number of benzene rings is 1. The number of rotatable bonds is 7. The van der Waals surface area contributed by atoms with Crippen LogP contribution in [0.1, 0.15) is 47.1 Å². The lowest BCUT2D eigenvalue weighted by molar-refractivity contribution is -0.131. The summed E-state index contributed by atoms with van der Waals surface area (Å²) in [5, 5.41) is 3.50. The highest BCUT2D eigenvalue weighted by molar-refractivity contribution is 6.30. The first-order valence-corrected chi connectivity index (χ1v) is 10.7. The van der Waals surface area contributed by atoms with Crippen LogP contribution in [0, 0.1) is 19.8 Å². The first-order valence-electron chi connectivity index (χ1n) is 10.3. The summed E-state index contributed by atoms with van der Waals surface area (Å²) in [7, 11) is 0. The zero-order valence-electron chi connectivity index (χ0n) is 17.5. The zero-order valence-corrected chi connectivity index (χ0v) is 18.3. The number of nitrogens with zero attached hydrogens (tertiary/aromatic N) is 2. The number of amides is 3. The van der Waals surface area contributed by atoms with E-state index < -0.39 is 11.6 Å². The second-order valence-corrected chi connectivity index (χ2v) is 8.97. The Morgan fingerprint density at radius 2 is 1.87 bits per heavy atom. The fraction of sp³-hybridized carbons (Fsp3) is 0.435. The van der Waals surface area contributed by atoms with E-state index in [9.17, 15) is 14.4 Å². The number of nitrogens with one attached hydrogen (secondary N) is 1. The van der Waals surface area contributed by atoms with Crippen LogP contribution in [0.4, 0.5) is 4.79 Å². The van der Waals surface area contributed by atoms with Crippen molar-refractivity contribution in [2.45, 2.75) is 52.1 Å². The number of urea groups is 1. The molecule has 7 heteroatoms. The Kier molecular flexibility index (Phi) is 5.22. The largest absolute Gasteiger partial charge is 0.348 e. The van der Waals surface area contributed by atoms with Crippen molar-refractivity contribution in [3.63, 3.8) is 0 Å². The molecule has 2 aliphatic rings. The minimum Gasteiger partial charge on any atom is -0.348 e. The molecule has 30 heavy (non-hydrogen) atoms. The topological polar surface area (TPSA) is 71.4 Å². The highest BCUT2D eigenvalue weighted by Crippen LogP contribution is 2.42. The predicted octanol–water partition coefficient (Wildman–Crippen LogP) is 3.90. The Labute approximate surface area is 181 Å². The first kappa shape index (κ1) is 20.7. The fourth-order valence-corrected chi connectivity index (χ4v) is 4.47. The Bertz CT molecular complexity index is 1020. The number of carbonyl (C=O) groups is 3. The lowest BCUT2D eigenvalue weighted by Crippen LogP contribution is -2.46. The standard InChI is InChI=1S/C23H26ClN3O3/c1-14-12-19(15(2)26(14)11-10-16-4-8-18(24)9-5-16)20(28)13-27-21(29)23(3,17-6-7-17)25-22(27)30/h4-5,8-9,12,17H,6-7,10-11,13H2,1-3H3,(H,25,30)/t23-/m0/s1. The van der Waals surface area contributed by atoms with Gasteiger partial charge in [0.05, 0.1) is 6.54 Å². The van der Waals surface area contributed by atoms with Gasteiger partial charge in [-0.25, -0.2) is 4.79 Å². The molecule has 2 heterocycles. The maximum Gasteiger partial charge on any atom is 0.325 e. The summed E-state index contributed by atoms with van der Waals surface area (Å²) in [5.41, 5.74) is 2.68. The summed E-state index contributed by atoms with van der Waals surface area (Å²) < 4.78 is 2.10. The third kappa shape index (κ3) is 3.65. The number of ketones is 1. The van der Waals surface area contributed by atoms with Gasteiger partial charge in [-0.1, -0.05) is 23.7 Å². The highest BCUT2D eigenvalue weighted by atomic mass is 35.5. The predicted molar refractivity (Wildman–Crippen MR) is 115 cm³/mol. The molecule has 3 amide bonds. The number of Topliss-reactive ketones (excluding diaryl/α,β-unsaturated/α-hetero) is 1. The van der Waals surface area contributed by atoms with Crippen LogP contribution in [0.3, 0.4) is 0 Å². The maximum absolute atomic E-state index is 13.0. The monoisotopic (exact) mass is 427 g/mol. The van der Waals surface area contributed by atoms with Gasteiger partial charge in [-0.2, -0.15) is 0 Å². The number of halogens is 1. The number of aromatic nitrogens is 1. The van der Waals surface area contributed by atoms with Crippen LogP contribution >= 0.6 is 11.6 Å². The smallest absolute Gasteiger partial charge is 0.325 e. The van der Waals surface area contributed by atoms with Gasteiger partial charge in [-0.05, 0) is 69.7 Å². The summed E-state index contributed by atoms with van der Waals surface area (Å²) in [4.78, 5) is 39.2. The molecule has 4 rings (SSSR count). The molecule has 0 bridgehead atoms. The van der Waals surface area contributed by atoms with Gasteiger partial charge in [0, 0.05) is 28.5 Å². The highest BCUT2D eigenvalue weighted by Gasteiger charge is 2.56. The summed E-state index contributed by atoms with van der Waals surface area (Å²) in [5.74, 6) is -0.337. The quantitative estimate of drug-likeness (QED) is 0.538. The molecular formula is C23H26ClN3O3. The van der Waals surface area contributed by atoms with Crippen LogP contribution < -0.4 is 5.32 Å². The third-order valence-electron chi connectivity index (χ3n) is 6.41. The Hall–Kier alpha value is -2.60. The minimum absolute atomic E-state index is 0.173. The average molecular weight is 428 g/mol. The Morgan fingerprint density at radius 1 is 1.20 bits per heavy atom. The number of hydrogen-bond acceptors (Lipinski definition) is 3. The molecule has 2 aromatic rings. The van der Waals surface area contributed by atoms with Gasteiger partial charge in [-0.15, -0.1) is 0 Å². The van der Waals surface area contributed by atoms with Gasteiger partial charge in [0.15, 0.2) is 5.78 Å². The Morgan fingerprint density at radius 3 is 2.50 bits per heavy atom. The van der Waals surface area contributed by atoms with Gasteiger partial charge in [0.1, 0.15) is 5.54 Å². The lowest BCUT2D eigenvalue weighted by atomic mass is 9.96. The van der Waals surface area contributed by atoms with Crippen LogP contribution in [0.2, 0.25) is 5.02 Å². The maximum atomic E-state index is 13.0. The minimum atomic E-state index is -0.868. The SMILES string of the molecule is Cc1cc(C(=O)CN2C(=O)N[C@@](C)(C3CC3)C2=O)c(C)n1CCc1ccc(Cl)cc1. The molecule has 158 valence electrons. The summed E-state index contributed by atoms with van der Waals surface area (Å²) >= 11 is 5.95. The fourth-order valence-electron chi connectivity index (χ4n) is 4.34. The number of hydrogen-bond donors (Lipinski definition) is 1. The van der Waals surface area contributed by atoms with Gasteiger partial charge in [-0.3, -0.25) is 14.5 Å². The van der Waals surface area contributed by atoms with E-state index in [1.807, 2.05) is 44.2 Å². The molecule has 0 radical (unpaired) electrons. The number of carbonyl (C=O) groups excluding carboxylic acids is 3. The average Bonchev–Trinajstić information content (AvgIpc) is 3.49. The molecule has 6 nitrogen and oxygen atoms in total. The van der Waals surface area contributed by atoms with Gasteiger partial charge in [0.25, 0.3) is 5.91 Å². The molecule has 1 aromatic carbocycles. The number of aryl methyl sites for hydroxylation is 2. The summed E-state index contributed by atoms with van der Waals surface area (Å²) in [6.07, 6.45) is 2.67. The molecule has 2 fully saturated rings. The van der Waals surface area contributed by atoms with Crippen LogP contribution in [-0.2, 0) is 17.8 Å². The van der Waals surface area contributed by atoms with E-state index in [4.69, 9.17) is 11.6 Å². The molecule has 1 N–H and O–H groups in total. The van der Waals surface area contributed by atoms with Gasteiger partial charge >= 0.3 is 6.03 Å². The van der Waals surface area contributed by atoms with E-state index in [-0.39, 0.29) is 24.2 Å². The van der Waals surface area contributed by atoms with E-state index in [1.54, 1.807) is 6.92 Å². The van der Waals surface area contributed by atoms with Crippen LogP contribution in [0.15, 0.2) is 30.3 Å². The normalized spacial score (nSPS) is 21.3. The van der Waals surface area contributed by atoms with Crippen molar-refractivity contribution >= 4 is 29.3 Å².